The van der Waals surface area contributed by atoms with Gasteiger partial charge in [0.25, 0.3) is 0 Å². The Balaban J connectivity index is 2.05. The van der Waals surface area contributed by atoms with Gasteiger partial charge in [-0.3, -0.25) is 9.69 Å². The number of carbonyl (C=O) groups is 1. The first-order valence-electron chi connectivity index (χ1n) is 8.00. The van der Waals surface area contributed by atoms with Crippen LogP contribution in [0.5, 0.6) is 5.75 Å². The van der Waals surface area contributed by atoms with E-state index < -0.39 is 5.97 Å². The van der Waals surface area contributed by atoms with E-state index in [1.54, 1.807) is 0 Å². The van der Waals surface area contributed by atoms with Crippen molar-refractivity contribution in [3.8, 4) is 5.75 Å². The van der Waals surface area contributed by atoms with Crippen LogP contribution < -0.4 is 4.74 Å². The molecular weight excluding hydrogens is 346 g/mol. The lowest BCUT2D eigenvalue weighted by atomic mass is 10.1. The highest BCUT2D eigenvalue weighted by atomic mass is 79.9. The summed E-state index contributed by atoms with van der Waals surface area (Å²) in [4.78, 5) is 13.3. The SMILES string of the molecule is CCCCCOc1ccc(Br)cc1CN1CCC[C@H]1C(=O)O. The van der Waals surface area contributed by atoms with Gasteiger partial charge in [0, 0.05) is 16.6 Å². The van der Waals surface area contributed by atoms with E-state index in [4.69, 9.17) is 4.74 Å². The molecule has 1 aliphatic heterocycles. The smallest absolute Gasteiger partial charge is 0.320 e. The number of benzene rings is 1. The Morgan fingerprint density at radius 2 is 2.27 bits per heavy atom. The molecule has 1 fully saturated rings. The van der Waals surface area contributed by atoms with E-state index in [0.29, 0.717) is 13.2 Å². The van der Waals surface area contributed by atoms with Gasteiger partial charge in [-0.05, 0) is 44.0 Å². The van der Waals surface area contributed by atoms with Gasteiger partial charge < -0.3 is 9.84 Å². The average Bonchev–Trinajstić information content (AvgIpc) is 2.94. The Hall–Kier alpha value is -1.07. The number of unbranched alkanes of at least 4 members (excludes halogenated alkanes) is 2. The van der Waals surface area contributed by atoms with Crippen LogP contribution in [-0.2, 0) is 11.3 Å². The maximum Gasteiger partial charge on any atom is 0.320 e. The summed E-state index contributed by atoms with van der Waals surface area (Å²) in [5, 5.41) is 9.30. The zero-order valence-electron chi connectivity index (χ0n) is 13.1. The van der Waals surface area contributed by atoms with Crippen molar-refractivity contribution in [1.82, 2.24) is 4.90 Å². The number of carboxylic acids is 1. The molecule has 0 spiro atoms. The van der Waals surface area contributed by atoms with E-state index in [1.807, 2.05) is 23.1 Å². The summed E-state index contributed by atoms with van der Waals surface area (Å²) in [6.45, 7) is 4.34. The lowest BCUT2D eigenvalue weighted by Gasteiger charge is -2.22. The Morgan fingerprint density at radius 3 is 3.00 bits per heavy atom. The van der Waals surface area contributed by atoms with Gasteiger partial charge in [-0.2, -0.15) is 0 Å². The van der Waals surface area contributed by atoms with Gasteiger partial charge in [0.05, 0.1) is 6.61 Å². The molecule has 1 atom stereocenters. The van der Waals surface area contributed by atoms with E-state index in [9.17, 15) is 9.90 Å². The van der Waals surface area contributed by atoms with Gasteiger partial charge in [-0.1, -0.05) is 35.7 Å². The summed E-state index contributed by atoms with van der Waals surface area (Å²) < 4.78 is 6.90. The van der Waals surface area contributed by atoms with E-state index >= 15 is 0 Å². The molecule has 2 rings (SSSR count). The van der Waals surface area contributed by atoms with Gasteiger partial charge in [0.1, 0.15) is 11.8 Å². The van der Waals surface area contributed by atoms with Gasteiger partial charge in [-0.25, -0.2) is 0 Å². The van der Waals surface area contributed by atoms with Crippen molar-refractivity contribution in [2.75, 3.05) is 13.2 Å². The van der Waals surface area contributed by atoms with Crippen LogP contribution in [0.1, 0.15) is 44.6 Å². The van der Waals surface area contributed by atoms with E-state index in [2.05, 4.69) is 22.9 Å². The van der Waals surface area contributed by atoms with Crippen molar-refractivity contribution < 1.29 is 14.6 Å². The summed E-state index contributed by atoms with van der Waals surface area (Å²) in [6, 6.07) is 5.60. The summed E-state index contributed by atoms with van der Waals surface area (Å²) >= 11 is 3.49. The van der Waals surface area contributed by atoms with Gasteiger partial charge in [-0.15, -0.1) is 0 Å². The van der Waals surface area contributed by atoms with E-state index in [-0.39, 0.29) is 6.04 Å². The molecular formula is C17H24BrNO3. The van der Waals surface area contributed by atoms with Crippen molar-refractivity contribution in [2.45, 2.75) is 51.6 Å². The van der Waals surface area contributed by atoms with Crippen LogP contribution in [0, 0.1) is 0 Å². The number of nitrogens with zero attached hydrogens (tertiary/aromatic N) is 1. The molecule has 0 amide bonds. The molecule has 1 N–H and O–H groups in total. The highest BCUT2D eigenvalue weighted by Gasteiger charge is 2.30. The summed E-state index contributed by atoms with van der Waals surface area (Å²) in [6.07, 6.45) is 5.06. The number of hydrogen-bond acceptors (Lipinski definition) is 3. The third-order valence-electron chi connectivity index (χ3n) is 4.05. The predicted octanol–water partition coefficient (Wildman–Crippen LogP) is 4.07. The highest BCUT2D eigenvalue weighted by molar-refractivity contribution is 9.10. The fourth-order valence-corrected chi connectivity index (χ4v) is 3.27. The fraction of sp³-hybridized carbons (Fsp3) is 0.588. The third kappa shape index (κ3) is 4.71. The second kappa shape index (κ2) is 8.53. The second-order valence-corrected chi connectivity index (χ2v) is 6.69. The molecule has 22 heavy (non-hydrogen) atoms. The molecule has 4 nitrogen and oxygen atoms in total. The summed E-state index contributed by atoms with van der Waals surface area (Å²) in [5.41, 5.74) is 1.05. The first kappa shape index (κ1) is 17.3. The van der Waals surface area contributed by atoms with Crippen LogP contribution in [0.4, 0.5) is 0 Å². The van der Waals surface area contributed by atoms with Gasteiger partial charge in [0.2, 0.25) is 0 Å². The minimum absolute atomic E-state index is 0.369. The van der Waals surface area contributed by atoms with Crippen LogP contribution >= 0.6 is 15.9 Å². The molecule has 1 aromatic carbocycles. The number of hydrogen-bond donors (Lipinski definition) is 1. The average molecular weight is 370 g/mol. The van der Waals surface area contributed by atoms with Crippen LogP contribution in [0.15, 0.2) is 22.7 Å². The molecule has 1 saturated heterocycles. The number of carboxylic acid groups (broad SMARTS) is 1. The van der Waals surface area contributed by atoms with Crippen LogP contribution in [0.2, 0.25) is 0 Å². The predicted molar refractivity (Wildman–Crippen MR) is 90.2 cm³/mol. The Morgan fingerprint density at radius 1 is 1.45 bits per heavy atom. The maximum absolute atomic E-state index is 11.3. The Kier molecular flexibility index (Phi) is 6.70. The fourth-order valence-electron chi connectivity index (χ4n) is 2.86. The standard InChI is InChI=1S/C17H24BrNO3/c1-2-3-4-10-22-16-8-7-14(18)11-13(16)12-19-9-5-6-15(19)17(20)21/h7-8,11,15H,2-6,9-10,12H2,1H3,(H,20,21)/t15-/m0/s1. The Bertz CT molecular complexity index is 507. The number of aliphatic carboxylic acids is 1. The first-order chi connectivity index (χ1) is 10.6. The molecule has 0 bridgehead atoms. The van der Waals surface area contributed by atoms with Crippen molar-refractivity contribution in [1.29, 1.82) is 0 Å². The molecule has 1 aromatic rings. The number of likely N-dealkylation sites (tertiary alicyclic amines) is 1. The molecule has 122 valence electrons. The Labute approximate surface area is 140 Å². The highest BCUT2D eigenvalue weighted by Crippen LogP contribution is 2.28. The molecule has 1 heterocycles. The van der Waals surface area contributed by atoms with Crippen LogP contribution in [0.25, 0.3) is 0 Å². The zero-order chi connectivity index (χ0) is 15.9. The monoisotopic (exact) mass is 369 g/mol. The molecule has 0 aliphatic carbocycles. The zero-order valence-corrected chi connectivity index (χ0v) is 14.6. The topological polar surface area (TPSA) is 49.8 Å². The van der Waals surface area contributed by atoms with Crippen molar-refractivity contribution in [3.63, 3.8) is 0 Å². The van der Waals surface area contributed by atoms with Crippen LogP contribution in [0.3, 0.4) is 0 Å². The van der Waals surface area contributed by atoms with Crippen molar-refractivity contribution >= 4 is 21.9 Å². The third-order valence-corrected chi connectivity index (χ3v) is 4.54. The summed E-state index contributed by atoms with van der Waals surface area (Å²) in [5.74, 6) is 0.147. The molecule has 0 aromatic heterocycles. The molecule has 5 heteroatoms. The maximum atomic E-state index is 11.3. The van der Waals surface area contributed by atoms with Gasteiger partial charge in [0.15, 0.2) is 0 Å². The molecule has 0 saturated carbocycles. The van der Waals surface area contributed by atoms with Gasteiger partial charge >= 0.3 is 5.97 Å². The quantitative estimate of drug-likeness (QED) is 0.701. The lowest BCUT2D eigenvalue weighted by Crippen LogP contribution is -2.35. The normalized spacial score (nSPS) is 18.5. The van der Waals surface area contributed by atoms with Crippen molar-refractivity contribution in [2.24, 2.45) is 0 Å². The molecule has 0 unspecified atom stereocenters. The van der Waals surface area contributed by atoms with Crippen molar-refractivity contribution in [3.05, 3.63) is 28.2 Å². The minimum atomic E-state index is -0.724. The van der Waals surface area contributed by atoms with E-state index in [1.165, 1.54) is 12.8 Å². The lowest BCUT2D eigenvalue weighted by molar-refractivity contribution is -0.142. The summed E-state index contributed by atoms with van der Waals surface area (Å²) in [7, 11) is 0. The minimum Gasteiger partial charge on any atom is -0.493 e. The molecule has 0 radical (unpaired) electrons. The first-order valence-corrected chi connectivity index (χ1v) is 8.79. The number of rotatable bonds is 8. The largest absolute Gasteiger partial charge is 0.493 e. The number of ether oxygens (including phenoxy) is 1. The van der Waals surface area contributed by atoms with Crippen LogP contribution in [-0.4, -0.2) is 35.2 Å². The van der Waals surface area contributed by atoms with E-state index in [0.717, 1.165) is 41.6 Å². The number of halogens is 1. The second-order valence-electron chi connectivity index (χ2n) is 5.77. The molecule has 1 aliphatic rings.